The van der Waals surface area contributed by atoms with Crippen molar-refractivity contribution in [3.8, 4) is 17.2 Å². The van der Waals surface area contributed by atoms with E-state index in [0.29, 0.717) is 24.7 Å². The van der Waals surface area contributed by atoms with Gasteiger partial charge in [-0.05, 0) is 43.7 Å². The number of amides is 2. The molecule has 2 N–H and O–H groups in total. The Labute approximate surface area is 182 Å². The summed E-state index contributed by atoms with van der Waals surface area (Å²) < 4.78 is 22.3. The third-order valence-electron chi connectivity index (χ3n) is 5.14. The first-order valence-corrected chi connectivity index (χ1v) is 10.6. The average molecular weight is 428 g/mol. The molecule has 2 aliphatic rings. The summed E-state index contributed by atoms with van der Waals surface area (Å²) in [6.07, 6.45) is 0.445. The zero-order valence-electron chi connectivity index (χ0n) is 17.9. The maximum Gasteiger partial charge on any atom is 0.319 e. The highest BCUT2D eigenvalue weighted by Crippen LogP contribution is 2.35. The van der Waals surface area contributed by atoms with Crippen LogP contribution >= 0.6 is 0 Å². The molecule has 166 valence electrons. The summed E-state index contributed by atoms with van der Waals surface area (Å²) in [5.41, 5.74) is 1.67. The Hall–Kier alpha value is -2.97. The number of benzene rings is 2. The molecule has 2 amide bonds. The van der Waals surface area contributed by atoms with Crippen LogP contribution in [0.3, 0.4) is 0 Å². The van der Waals surface area contributed by atoms with Crippen molar-refractivity contribution in [1.82, 2.24) is 10.2 Å². The van der Waals surface area contributed by atoms with Crippen LogP contribution in [0.15, 0.2) is 42.5 Å². The van der Waals surface area contributed by atoms with Crippen molar-refractivity contribution >= 4 is 11.7 Å². The number of urea groups is 1. The van der Waals surface area contributed by atoms with Crippen LogP contribution in [0.4, 0.5) is 10.5 Å². The Morgan fingerprint density at radius 2 is 1.90 bits per heavy atom. The standard InChI is InChI=1S/C23H29N3O5/c1-16-12-26(13-17(2)31-16)9-8-24-23(27)25-19-5-3-4-18(10-19)14-28-20-6-7-21-22(11-20)30-15-29-21/h3-7,10-11,16-17H,8-9,12-15H2,1-2H3,(H2,24,25,27). The number of morpholine rings is 1. The van der Waals surface area contributed by atoms with E-state index >= 15 is 0 Å². The quantitative estimate of drug-likeness (QED) is 0.706. The first-order valence-electron chi connectivity index (χ1n) is 10.6. The molecule has 1 fully saturated rings. The van der Waals surface area contributed by atoms with Gasteiger partial charge in [-0.2, -0.15) is 0 Å². The minimum Gasteiger partial charge on any atom is -0.489 e. The third-order valence-corrected chi connectivity index (χ3v) is 5.14. The van der Waals surface area contributed by atoms with E-state index in [0.717, 1.165) is 36.6 Å². The summed E-state index contributed by atoms with van der Waals surface area (Å²) in [5, 5.41) is 5.80. The molecule has 1 saturated heterocycles. The van der Waals surface area contributed by atoms with E-state index < -0.39 is 0 Å². The highest BCUT2D eigenvalue weighted by Gasteiger charge is 2.21. The summed E-state index contributed by atoms with van der Waals surface area (Å²) >= 11 is 0. The molecule has 4 rings (SSSR count). The smallest absolute Gasteiger partial charge is 0.319 e. The molecule has 2 unspecified atom stereocenters. The predicted octanol–water partition coefficient (Wildman–Crippen LogP) is 3.23. The highest BCUT2D eigenvalue weighted by atomic mass is 16.7. The van der Waals surface area contributed by atoms with Gasteiger partial charge in [-0.15, -0.1) is 0 Å². The van der Waals surface area contributed by atoms with Crippen LogP contribution in [-0.4, -0.2) is 56.1 Å². The Morgan fingerprint density at radius 3 is 2.74 bits per heavy atom. The first kappa shape index (κ1) is 21.3. The summed E-state index contributed by atoms with van der Waals surface area (Å²) in [6, 6.07) is 12.9. The molecule has 0 aliphatic carbocycles. The van der Waals surface area contributed by atoms with E-state index in [1.807, 2.05) is 42.5 Å². The molecule has 0 aromatic heterocycles. The normalized spacial score (nSPS) is 20.3. The van der Waals surface area contributed by atoms with E-state index in [1.54, 1.807) is 0 Å². The van der Waals surface area contributed by atoms with E-state index in [2.05, 4.69) is 29.4 Å². The Bertz CT molecular complexity index is 897. The molecule has 2 aromatic rings. The molecular formula is C23H29N3O5. The van der Waals surface area contributed by atoms with Crippen molar-refractivity contribution in [1.29, 1.82) is 0 Å². The molecule has 0 spiro atoms. The fraction of sp³-hybridized carbons (Fsp3) is 0.435. The number of hydrogen-bond donors (Lipinski definition) is 2. The number of nitrogens with one attached hydrogen (secondary N) is 2. The van der Waals surface area contributed by atoms with E-state index in [4.69, 9.17) is 18.9 Å². The Morgan fingerprint density at radius 1 is 1.10 bits per heavy atom. The number of carbonyl (C=O) groups excluding carboxylic acids is 1. The van der Waals surface area contributed by atoms with Crippen molar-refractivity contribution < 1.29 is 23.7 Å². The van der Waals surface area contributed by atoms with Gasteiger partial charge in [-0.3, -0.25) is 4.90 Å². The summed E-state index contributed by atoms with van der Waals surface area (Å²) in [4.78, 5) is 14.6. The molecular weight excluding hydrogens is 398 g/mol. The van der Waals surface area contributed by atoms with Gasteiger partial charge in [-0.1, -0.05) is 12.1 Å². The molecule has 31 heavy (non-hydrogen) atoms. The van der Waals surface area contributed by atoms with Crippen LogP contribution in [0, 0.1) is 0 Å². The maximum absolute atomic E-state index is 12.3. The topological polar surface area (TPSA) is 81.3 Å². The molecule has 0 saturated carbocycles. The average Bonchev–Trinajstić information content (AvgIpc) is 3.20. The lowest BCUT2D eigenvalue weighted by molar-refractivity contribution is -0.0672. The summed E-state index contributed by atoms with van der Waals surface area (Å²) in [6.45, 7) is 7.92. The van der Waals surface area contributed by atoms with Gasteiger partial charge in [-0.25, -0.2) is 4.79 Å². The fourth-order valence-electron chi connectivity index (χ4n) is 3.84. The Balaban J connectivity index is 1.22. The van der Waals surface area contributed by atoms with Crippen LogP contribution in [0.5, 0.6) is 17.2 Å². The number of carbonyl (C=O) groups is 1. The second kappa shape index (κ2) is 9.89. The number of ether oxygens (including phenoxy) is 4. The SMILES string of the molecule is CC1CN(CCNC(=O)Nc2cccc(COc3ccc4c(c3)OCO4)c2)CC(C)O1. The lowest BCUT2D eigenvalue weighted by Crippen LogP contribution is -2.48. The van der Waals surface area contributed by atoms with Gasteiger partial charge in [0.15, 0.2) is 11.5 Å². The van der Waals surface area contributed by atoms with Crippen molar-refractivity contribution in [3.05, 3.63) is 48.0 Å². The largest absolute Gasteiger partial charge is 0.489 e. The van der Waals surface area contributed by atoms with E-state index in [-0.39, 0.29) is 25.0 Å². The number of hydrogen-bond acceptors (Lipinski definition) is 6. The van der Waals surface area contributed by atoms with Gasteiger partial charge in [0, 0.05) is 37.9 Å². The monoisotopic (exact) mass is 427 g/mol. The zero-order chi connectivity index (χ0) is 21.6. The van der Waals surface area contributed by atoms with E-state index in [1.165, 1.54) is 0 Å². The van der Waals surface area contributed by atoms with Gasteiger partial charge >= 0.3 is 6.03 Å². The maximum atomic E-state index is 12.3. The van der Waals surface area contributed by atoms with Crippen LogP contribution in [-0.2, 0) is 11.3 Å². The number of anilines is 1. The van der Waals surface area contributed by atoms with E-state index in [9.17, 15) is 4.79 Å². The molecule has 8 heteroatoms. The van der Waals surface area contributed by atoms with Crippen LogP contribution in [0.2, 0.25) is 0 Å². The molecule has 2 atom stereocenters. The van der Waals surface area contributed by atoms with Crippen LogP contribution in [0.1, 0.15) is 19.4 Å². The minimum absolute atomic E-state index is 0.219. The van der Waals surface area contributed by atoms with Crippen molar-refractivity contribution in [2.45, 2.75) is 32.7 Å². The number of rotatable bonds is 7. The molecule has 2 aliphatic heterocycles. The molecule has 2 aromatic carbocycles. The summed E-state index contributed by atoms with van der Waals surface area (Å²) in [5.74, 6) is 2.11. The molecule has 0 bridgehead atoms. The van der Waals surface area contributed by atoms with Crippen LogP contribution < -0.4 is 24.8 Å². The van der Waals surface area contributed by atoms with Gasteiger partial charge in [0.25, 0.3) is 0 Å². The Kier molecular flexibility index (Phi) is 6.79. The number of fused-ring (bicyclic) bond motifs is 1. The fourth-order valence-corrected chi connectivity index (χ4v) is 3.84. The van der Waals surface area contributed by atoms with Crippen molar-refractivity contribution in [2.75, 3.05) is 38.3 Å². The molecule has 2 heterocycles. The highest BCUT2D eigenvalue weighted by molar-refractivity contribution is 5.89. The minimum atomic E-state index is -0.219. The van der Waals surface area contributed by atoms with Crippen LogP contribution in [0.25, 0.3) is 0 Å². The third kappa shape index (κ3) is 6.02. The predicted molar refractivity (Wildman–Crippen MR) is 117 cm³/mol. The van der Waals surface area contributed by atoms with Gasteiger partial charge < -0.3 is 29.6 Å². The van der Waals surface area contributed by atoms with Gasteiger partial charge in [0.2, 0.25) is 6.79 Å². The zero-order valence-corrected chi connectivity index (χ0v) is 17.9. The molecule has 8 nitrogen and oxygen atoms in total. The first-order chi connectivity index (χ1) is 15.0. The van der Waals surface area contributed by atoms with Crippen molar-refractivity contribution in [3.63, 3.8) is 0 Å². The second-order valence-corrected chi connectivity index (χ2v) is 7.90. The number of nitrogens with zero attached hydrogens (tertiary/aromatic N) is 1. The van der Waals surface area contributed by atoms with Gasteiger partial charge in [0.05, 0.1) is 12.2 Å². The lowest BCUT2D eigenvalue weighted by atomic mass is 10.2. The molecule has 0 radical (unpaired) electrons. The van der Waals surface area contributed by atoms with Gasteiger partial charge in [0.1, 0.15) is 12.4 Å². The second-order valence-electron chi connectivity index (χ2n) is 7.90. The summed E-state index contributed by atoms with van der Waals surface area (Å²) in [7, 11) is 0. The van der Waals surface area contributed by atoms with Crippen molar-refractivity contribution in [2.24, 2.45) is 0 Å². The lowest BCUT2D eigenvalue weighted by Gasteiger charge is -2.35.